The lowest BCUT2D eigenvalue weighted by molar-refractivity contribution is -0.136. The van der Waals surface area contributed by atoms with Gasteiger partial charge in [-0.25, -0.2) is 4.39 Å². The first kappa shape index (κ1) is 20.6. The highest BCUT2D eigenvalue weighted by Gasteiger charge is 2.21. The lowest BCUT2D eigenvalue weighted by atomic mass is 9.92. The molecule has 1 aliphatic heterocycles. The Bertz CT molecular complexity index is 631. The number of piperidine rings is 1. The summed E-state index contributed by atoms with van der Waals surface area (Å²) in [6.07, 6.45) is 3.05. The van der Waals surface area contributed by atoms with Gasteiger partial charge in [0, 0.05) is 24.7 Å². The number of unbranched alkanes of at least 4 members (excludes halogenated alkanes) is 1. The van der Waals surface area contributed by atoms with Crippen LogP contribution in [-0.4, -0.2) is 42.9 Å². The molecule has 7 heteroatoms. The van der Waals surface area contributed by atoms with Gasteiger partial charge in [0.1, 0.15) is 5.82 Å². The Balaban J connectivity index is 1.64. The third kappa shape index (κ3) is 6.57. The molecule has 0 saturated carbocycles. The van der Waals surface area contributed by atoms with Crippen molar-refractivity contribution in [1.29, 1.82) is 0 Å². The van der Waals surface area contributed by atoms with E-state index in [0.717, 1.165) is 50.4 Å². The topological polar surface area (TPSA) is 61.4 Å². The molecule has 0 spiro atoms. The van der Waals surface area contributed by atoms with Crippen LogP contribution in [0.25, 0.3) is 0 Å². The predicted molar refractivity (Wildman–Crippen MR) is 102 cm³/mol. The van der Waals surface area contributed by atoms with E-state index in [9.17, 15) is 14.0 Å². The van der Waals surface area contributed by atoms with Gasteiger partial charge in [-0.15, -0.1) is 0 Å². The second-order valence-corrected chi connectivity index (χ2v) is 7.68. The molecule has 1 aromatic carbocycles. The molecule has 5 nitrogen and oxygen atoms in total. The van der Waals surface area contributed by atoms with Crippen molar-refractivity contribution in [2.75, 3.05) is 31.5 Å². The van der Waals surface area contributed by atoms with Crippen LogP contribution in [0, 0.1) is 17.7 Å². The highest BCUT2D eigenvalue weighted by atomic mass is 35.5. The molecule has 0 radical (unpaired) electrons. The molecule has 0 bridgehead atoms. The van der Waals surface area contributed by atoms with Crippen molar-refractivity contribution >= 4 is 29.1 Å². The first-order valence-electron chi connectivity index (χ1n) is 9.11. The van der Waals surface area contributed by atoms with Crippen molar-refractivity contribution in [3.63, 3.8) is 0 Å². The maximum Gasteiger partial charge on any atom is 0.313 e. The van der Waals surface area contributed by atoms with Gasteiger partial charge in [-0.05, 0) is 55.8 Å². The quantitative estimate of drug-likeness (QED) is 0.585. The Morgan fingerprint density at radius 3 is 2.54 bits per heavy atom. The summed E-state index contributed by atoms with van der Waals surface area (Å²) in [4.78, 5) is 26.1. The van der Waals surface area contributed by atoms with E-state index in [1.54, 1.807) is 0 Å². The molecule has 1 aliphatic rings. The second-order valence-electron chi connectivity index (χ2n) is 7.25. The first-order valence-corrected chi connectivity index (χ1v) is 9.49. The number of nitrogens with one attached hydrogen (secondary N) is 2. The van der Waals surface area contributed by atoms with E-state index in [4.69, 9.17) is 11.6 Å². The molecule has 0 aromatic heterocycles. The Labute approximate surface area is 159 Å². The largest absolute Gasteiger partial charge is 0.348 e. The number of rotatable bonds is 6. The fraction of sp³-hybridized carbons (Fsp3) is 0.579. The molecular weight excluding hydrogens is 357 g/mol. The lowest BCUT2D eigenvalue weighted by Crippen LogP contribution is -2.39. The molecule has 26 heavy (non-hydrogen) atoms. The molecule has 0 aliphatic carbocycles. The second kappa shape index (κ2) is 9.88. The van der Waals surface area contributed by atoms with E-state index >= 15 is 0 Å². The maximum absolute atomic E-state index is 13.6. The van der Waals surface area contributed by atoms with Gasteiger partial charge < -0.3 is 15.5 Å². The Morgan fingerprint density at radius 2 is 1.88 bits per heavy atom. The third-order valence-corrected chi connectivity index (χ3v) is 4.75. The van der Waals surface area contributed by atoms with Crippen LogP contribution in [0.1, 0.15) is 33.1 Å². The van der Waals surface area contributed by atoms with Gasteiger partial charge in [-0.3, -0.25) is 9.59 Å². The van der Waals surface area contributed by atoms with E-state index in [1.807, 2.05) is 0 Å². The number of likely N-dealkylation sites (tertiary alicyclic amines) is 1. The Morgan fingerprint density at radius 1 is 1.19 bits per heavy atom. The summed E-state index contributed by atoms with van der Waals surface area (Å²) in [7, 11) is 0. The fourth-order valence-corrected chi connectivity index (χ4v) is 3.65. The van der Waals surface area contributed by atoms with Gasteiger partial charge in [0.15, 0.2) is 0 Å². The van der Waals surface area contributed by atoms with Crippen LogP contribution in [0.5, 0.6) is 0 Å². The standard InChI is InChI=1S/C19H27ClFN3O2/c1-13-9-14(2)12-24(11-13)8-4-3-7-22-18(25)19(26)23-17-6-5-15(20)10-16(17)21/h5-6,10,13-14H,3-4,7-9,11-12H2,1-2H3,(H,22,25)(H,23,26). The van der Waals surface area contributed by atoms with E-state index in [0.29, 0.717) is 6.54 Å². The van der Waals surface area contributed by atoms with Crippen LogP contribution in [0.15, 0.2) is 18.2 Å². The summed E-state index contributed by atoms with van der Waals surface area (Å²) < 4.78 is 13.6. The van der Waals surface area contributed by atoms with Gasteiger partial charge >= 0.3 is 11.8 Å². The minimum absolute atomic E-state index is 0.0668. The molecule has 144 valence electrons. The number of hydrogen-bond donors (Lipinski definition) is 2. The van der Waals surface area contributed by atoms with Crippen molar-refractivity contribution in [3.05, 3.63) is 29.0 Å². The Hall–Kier alpha value is -1.66. The molecule has 1 saturated heterocycles. The third-order valence-electron chi connectivity index (χ3n) is 4.52. The molecule has 2 rings (SSSR count). The minimum atomic E-state index is -0.884. The van der Waals surface area contributed by atoms with Crippen LogP contribution < -0.4 is 10.6 Å². The average molecular weight is 384 g/mol. The minimum Gasteiger partial charge on any atom is -0.348 e. The summed E-state index contributed by atoms with van der Waals surface area (Å²) in [5.74, 6) is -0.862. The SMILES string of the molecule is CC1CC(C)CN(CCCCNC(=O)C(=O)Nc2ccc(Cl)cc2F)C1. The number of anilines is 1. The highest BCUT2D eigenvalue weighted by molar-refractivity contribution is 6.39. The average Bonchev–Trinajstić information content (AvgIpc) is 2.56. The summed E-state index contributed by atoms with van der Waals surface area (Å²) >= 11 is 5.65. The number of benzene rings is 1. The van der Waals surface area contributed by atoms with Crippen LogP contribution >= 0.6 is 11.6 Å². The van der Waals surface area contributed by atoms with Gasteiger partial charge in [0.25, 0.3) is 0 Å². The van der Waals surface area contributed by atoms with Crippen molar-refractivity contribution in [1.82, 2.24) is 10.2 Å². The molecule has 1 fully saturated rings. The number of nitrogens with zero attached hydrogens (tertiary/aromatic N) is 1. The van der Waals surface area contributed by atoms with Crippen molar-refractivity contribution in [2.24, 2.45) is 11.8 Å². The molecule has 2 unspecified atom stereocenters. The van der Waals surface area contributed by atoms with Crippen LogP contribution in [-0.2, 0) is 9.59 Å². The van der Waals surface area contributed by atoms with E-state index in [1.165, 1.54) is 18.6 Å². The smallest absolute Gasteiger partial charge is 0.313 e. The van der Waals surface area contributed by atoms with E-state index < -0.39 is 17.6 Å². The van der Waals surface area contributed by atoms with Crippen LogP contribution in [0.3, 0.4) is 0 Å². The zero-order valence-corrected chi connectivity index (χ0v) is 16.1. The summed E-state index contributed by atoms with van der Waals surface area (Å²) in [6.45, 7) is 8.26. The molecule has 2 amide bonds. The monoisotopic (exact) mass is 383 g/mol. The number of amides is 2. The first-order chi connectivity index (χ1) is 12.3. The van der Waals surface area contributed by atoms with Gasteiger partial charge in [-0.2, -0.15) is 0 Å². The number of hydrogen-bond acceptors (Lipinski definition) is 3. The van der Waals surface area contributed by atoms with E-state index in [-0.39, 0.29) is 10.7 Å². The lowest BCUT2D eigenvalue weighted by Gasteiger charge is -2.34. The van der Waals surface area contributed by atoms with E-state index in [2.05, 4.69) is 29.4 Å². The summed E-state index contributed by atoms with van der Waals surface area (Å²) in [5.41, 5.74) is -0.0668. The Kier molecular flexibility index (Phi) is 7.85. The van der Waals surface area contributed by atoms with Gasteiger partial charge in [0.2, 0.25) is 0 Å². The molecule has 1 heterocycles. The highest BCUT2D eigenvalue weighted by Crippen LogP contribution is 2.21. The summed E-state index contributed by atoms with van der Waals surface area (Å²) in [6, 6.07) is 3.85. The zero-order valence-electron chi connectivity index (χ0n) is 15.4. The summed E-state index contributed by atoms with van der Waals surface area (Å²) in [5, 5.41) is 5.04. The van der Waals surface area contributed by atoms with Gasteiger partial charge in [0.05, 0.1) is 5.69 Å². The van der Waals surface area contributed by atoms with Crippen molar-refractivity contribution in [2.45, 2.75) is 33.1 Å². The van der Waals surface area contributed by atoms with Crippen LogP contribution in [0.2, 0.25) is 5.02 Å². The normalized spacial score (nSPS) is 20.6. The maximum atomic E-state index is 13.6. The van der Waals surface area contributed by atoms with Crippen molar-refractivity contribution < 1.29 is 14.0 Å². The molecule has 1 aromatic rings. The molecule has 2 N–H and O–H groups in total. The predicted octanol–water partition coefficient (Wildman–Crippen LogP) is 3.29. The molecule has 2 atom stereocenters. The molecular formula is C19H27ClFN3O2. The van der Waals surface area contributed by atoms with Crippen LogP contribution in [0.4, 0.5) is 10.1 Å². The van der Waals surface area contributed by atoms with Crippen molar-refractivity contribution in [3.8, 4) is 0 Å². The number of halogens is 2. The number of carbonyl (C=O) groups excluding carboxylic acids is 2. The van der Waals surface area contributed by atoms with Gasteiger partial charge in [-0.1, -0.05) is 25.4 Å². The number of carbonyl (C=O) groups is 2. The zero-order chi connectivity index (χ0) is 19.1. The fourth-order valence-electron chi connectivity index (χ4n) is 3.49.